The molecule has 3 N–H and O–H groups in total. The van der Waals surface area contributed by atoms with Crippen molar-refractivity contribution in [3.05, 3.63) is 54.1 Å². The molecule has 0 saturated carbocycles. The molecule has 24 heavy (non-hydrogen) atoms. The van der Waals surface area contributed by atoms with Crippen molar-refractivity contribution < 1.29 is 13.2 Å². The van der Waals surface area contributed by atoms with Crippen LogP contribution in [0.4, 0.5) is 5.69 Å². The molecule has 0 heterocycles. The summed E-state index contributed by atoms with van der Waals surface area (Å²) in [5.41, 5.74) is 6.93. The van der Waals surface area contributed by atoms with Crippen LogP contribution in [0.1, 0.15) is 5.56 Å². The summed E-state index contributed by atoms with van der Waals surface area (Å²) in [4.78, 5) is 2.22. The van der Waals surface area contributed by atoms with E-state index in [9.17, 15) is 8.42 Å². The highest BCUT2D eigenvalue weighted by Crippen LogP contribution is 2.15. The lowest BCUT2D eigenvalue weighted by Crippen LogP contribution is -2.23. The Hall–Kier alpha value is -2.09. The van der Waals surface area contributed by atoms with Gasteiger partial charge in [-0.1, -0.05) is 12.1 Å². The molecule has 0 fully saturated rings. The number of hydrogen-bond acceptors (Lipinski definition) is 5. The maximum Gasteiger partial charge on any atom is 0.240 e. The Balaban J connectivity index is 1.97. The van der Waals surface area contributed by atoms with E-state index >= 15 is 0 Å². The standard InChI is InChI=1S/C17H23N3O3S/c1-20(2)10-11-23-16-5-3-4-14(12-16)13-19-24(21,22)17-8-6-15(18)7-9-17/h3-9,12,19H,10-11,13,18H2,1-2H3. The van der Waals surface area contributed by atoms with Crippen LogP contribution in [0.15, 0.2) is 53.4 Å². The average molecular weight is 349 g/mol. The van der Waals surface area contributed by atoms with Crippen molar-refractivity contribution in [3.8, 4) is 5.75 Å². The second-order valence-electron chi connectivity index (χ2n) is 5.69. The molecule has 6 nitrogen and oxygen atoms in total. The zero-order valence-electron chi connectivity index (χ0n) is 13.9. The fourth-order valence-corrected chi connectivity index (χ4v) is 3.02. The van der Waals surface area contributed by atoms with Gasteiger partial charge in [-0.05, 0) is 56.1 Å². The molecular weight excluding hydrogens is 326 g/mol. The van der Waals surface area contributed by atoms with E-state index in [-0.39, 0.29) is 11.4 Å². The van der Waals surface area contributed by atoms with Crippen molar-refractivity contribution in [3.63, 3.8) is 0 Å². The van der Waals surface area contributed by atoms with Gasteiger partial charge in [0.25, 0.3) is 0 Å². The van der Waals surface area contributed by atoms with Gasteiger partial charge in [-0.3, -0.25) is 0 Å². The first-order valence-electron chi connectivity index (χ1n) is 7.58. The summed E-state index contributed by atoms with van der Waals surface area (Å²) in [6, 6.07) is 13.5. The van der Waals surface area contributed by atoms with Crippen LogP contribution < -0.4 is 15.2 Å². The minimum absolute atomic E-state index is 0.190. The zero-order chi connectivity index (χ0) is 17.6. The molecule has 2 aromatic rings. The maximum atomic E-state index is 12.3. The molecule has 7 heteroatoms. The van der Waals surface area contributed by atoms with Crippen molar-refractivity contribution in [2.45, 2.75) is 11.4 Å². The number of nitrogens with two attached hydrogens (primary N) is 1. The number of ether oxygens (including phenoxy) is 1. The van der Waals surface area contributed by atoms with Crippen molar-refractivity contribution in [2.24, 2.45) is 0 Å². The molecule has 0 atom stereocenters. The number of nitrogens with zero attached hydrogens (tertiary/aromatic N) is 1. The van der Waals surface area contributed by atoms with E-state index in [2.05, 4.69) is 4.72 Å². The van der Waals surface area contributed by atoms with Gasteiger partial charge < -0.3 is 15.4 Å². The van der Waals surface area contributed by atoms with Gasteiger partial charge in [0.1, 0.15) is 12.4 Å². The first-order valence-corrected chi connectivity index (χ1v) is 9.07. The molecule has 0 saturated heterocycles. The van der Waals surface area contributed by atoms with Gasteiger partial charge in [-0.25, -0.2) is 13.1 Å². The van der Waals surface area contributed by atoms with Crippen LogP contribution in [0.5, 0.6) is 5.75 Å². The Morgan fingerprint density at radius 1 is 1.12 bits per heavy atom. The van der Waals surface area contributed by atoms with Gasteiger partial charge in [0.15, 0.2) is 0 Å². The molecule has 0 aliphatic carbocycles. The summed E-state index contributed by atoms with van der Waals surface area (Å²) in [6.45, 7) is 1.58. The summed E-state index contributed by atoms with van der Waals surface area (Å²) in [5, 5.41) is 0. The van der Waals surface area contributed by atoms with Crippen molar-refractivity contribution in [2.75, 3.05) is 33.0 Å². The van der Waals surface area contributed by atoms with Crippen LogP contribution in [0.25, 0.3) is 0 Å². The second kappa shape index (κ2) is 8.14. The second-order valence-corrected chi connectivity index (χ2v) is 7.46. The summed E-state index contributed by atoms with van der Waals surface area (Å²) in [7, 11) is 0.387. The van der Waals surface area contributed by atoms with Crippen LogP contribution in [0.2, 0.25) is 0 Å². The lowest BCUT2D eigenvalue weighted by Gasteiger charge is -2.12. The number of benzene rings is 2. The molecule has 0 aromatic heterocycles. The number of hydrogen-bond donors (Lipinski definition) is 2. The fraction of sp³-hybridized carbons (Fsp3) is 0.294. The van der Waals surface area contributed by atoms with Crippen LogP contribution in [-0.2, 0) is 16.6 Å². The largest absolute Gasteiger partial charge is 0.492 e. The van der Waals surface area contributed by atoms with E-state index in [0.29, 0.717) is 12.3 Å². The SMILES string of the molecule is CN(C)CCOc1cccc(CNS(=O)(=O)c2ccc(N)cc2)c1. The van der Waals surface area contributed by atoms with Gasteiger partial charge in [0.05, 0.1) is 4.90 Å². The third-order valence-electron chi connectivity index (χ3n) is 3.36. The number of nitrogens with one attached hydrogen (secondary N) is 1. The molecule has 2 rings (SSSR count). The Bertz CT molecular complexity index is 759. The Labute approximate surface area is 143 Å². The lowest BCUT2D eigenvalue weighted by atomic mass is 10.2. The molecule has 0 aliphatic rings. The molecule has 0 aliphatic heterocycles. The molecule has 0 unspecified atom stereocenters. The summed E-state index contributed by atoms with van der Waals surface area (Å²) in [6.07, 6.45) is 0. The van der Waals surface area contributed by atoms with Crippen molar-refractivity contribution in [1.82, 2.24) is 9.62 Å². The van der Waals surface area contributed by atoms with Crippen LogP contribution in [0.3, 0.4) is 0 Å². The number of rotatable bonds is 8. The van der Waals surface area contributed by atoms with Crippen LogP contribution in [-0.4, -0.2) is 40.6 Å². The van der Waals surface area contributed by atoms with Gasteiger partial charge in [0, 0.05) is 18.8 Å². The molecule has 0 bridgehead atoms. The summed E-state index contributed by atoms with van der Waals surface area (Å²) in [5.74, 6) is 0.723. The van der Waals surface area contributed by atoms with E-state index in [0.717, 1.165) is 17.9 Å². The Morgan fingerprint density at radius 2 is 1.83 bits per heavy atom. The number of sulfonamides is 1. The lowest BCUT2D eigenvalue weighted by molar-refractivity contribution is 0.261. The van der Waals surface area contributed by atoms with Crippen LogP contribution in [0, 0.1) is 0 Å². The predicted molar refractivity (Wildman–Crippen MR) is 95.4 cm³/mol. The van der Waals surface area contributed by atoms with Crippen LogP contribution >= 0.6 is 0 Å². The Kier molecular flexibility index (Phi) is 6.19. The predicted octanol–water partition coefficient (Wildman–Crippen LogP) is 1.69. The topological polar surface area (TPSA) is 84.7 Å². The molecule has 130 valence electrons. The third kappa shape index (κ3) is 5.52. The average Bonchev–Trinajstić information content (AvgIpc) is 2.54. The fourth-order valence-electron chi connectivity index (χ4n) is 2.00. The number of likely N-dealkylation sites (N-methyl/N-ethyl adjacent to an activating group) is 1. The van der Waals surface area contributed by atoms with E-state index in [1.165, 1.54) is 12.1 Å². The molecule has 2 aromatic carbocycles. The minimum atomic E-state index is -3.57. The molecule has 0 amide bonds. The van der Waals surface area contributed by atoms with Gasteiger partial charge >= 0.3 is 0 Å². The Morgan fingerprint density at radius 3 is 2.50 bits per heavy atom. The van der Waals surface area contributed by atoms with E-state index in [1.54, 1.807) is 12.1 Å². The highest BCUT2D eigenvalue weighted by molar-refractivity contribution is 7.89. The monoisotopic (exact) mass is 349 g/mol. The maximum absolute atomic E-state index is 12.3. The van der Waals surface area contributed by atoms with Gasteiger partial charge in [0.2, 0.25) is 10.0 Å². The van der Waals surface area contributed by atoms with Crippen molar-refractivity contribution >= 4 is 15.7 Å². The van der Waals surface area contributed by atoms with Gasteiger partial charge in [-0.15, -0.1) is 0 Å². The first kappa shape index (κ1) is 18.3. The van der Waals surface area contributed by atoms with E-state index in [4.69, 9.17) is 10.5 Å². The zero-order valence-corrected chi connectivity index (χ0v) is 14.7. The summed E-state index contributed by atoms with van der Waals surface area (Å²) < 4.78 is 32.8. The minimum Gasteiger partial charge on any atom is -0.492 e. The quantitative estimate of drug-likeness (QED) is 0.709. The van der Waals surface area contributed by atoms with E-state index < -0.39 is 10.0 Å². The smallest absolute Gasteiger partial charge is 0.240 e. The van der Waals surface area contributed by atoms with E-state index in [1.807, 2.05) is 43.3 Å². The molecule has 0 spiro atoms. The highest BCUT2D eigenvalue weighted by Gasteiger charge is 2.13. The third-order valence-corrected chi connectivity index (χ3v) is 4.78. The van der Waals surface area contributed by atoms with Gasteiger partial charge in [-0.2, -0.15) is 0 Å². The number of nitrogen functional groups attached to an aromatic ring is 1. The van der Waals surface area contributed by atoms with Crippen molar-refractivity contribution in [1.29, 1.82) is 0 Å². The highest BCUT2D eigenvalue weighted by atomic mass is 32.2. The summed E-state index contributed by atoms with van der Waals surface area (Å²) >= 11 is 0. The number of anilines is 1. The molecule has 0 radical (unpaired) electrons. The normalized spacial score (nSPS) is 11.6. The molecular formula is C17H23N3O3S. The first-order chi connectivity index (χ1) is 11.4.